The summed E-state index contributed by atoms with van der Waals surface area (Å²) in [6.07, 6.45) is 4.99. The highest BCUT2D eigenvalue weighted by atomic mass is 19.1. The number of anilines is 1. The molecule has 3 heteroatoms. The van der Waals surface area contributed by atoms with E-state index in [-0.39, 0.29) is 11.9 Å². The highest BCUT2D eigenvalue weighted by Crippen LogP contribution is 2.32. The van der Waals surface area contributed by atoms with Crippen LogP contribution in [0.3, 0.4) is 0 Å². The smallest absolute Gasteiger partial charge is 0.165 e. The fourth-order valence-electron chi connectivity index (χ4n) is 1.65. The largest absolute Gasteiger partial charge is 0.487 e. The molecule has 1 N–H and O–H groups in total. The minimum Gasteiger partial charge on any atom is -0.487 e. The average molecular weight is 221 g/mol. The van der Waals surface area contributed by atoms with Crippen molar-refractivity contribution in [2.45, 2.75) is 31.8 Å². The van der Waals surface area contributed by atoms with Crippen molar-refractivity contribution in [2.24, 2.45) is 5.92 Å². The Hall–Kier alpha value is -1.25. The summed E-state index contributed by atoms with van der Waals surface area (Å²) in [7, 11) is 0. The molecular formula is C13H16FNO. The van der Waals surface area contributed by atoms with Gasteiger partial charge in [-0.25, -0.2) is 4.39 Å². The first-order chi connectivity index (χ1) is 7.81. The second-order valence-corrected chi connectivity index (χ2v) is 4.79. The van der Waals surface area contributed by atoms with Crippen molar-refractivity contribution in [1.29, 1.82) is 0 Å². The molecule has 2 aliphatic rings. The maximum atomic E-state index is 13.4. The molecule has 16 heavy (non-hydrogen) atoms. The molecule has 0 bridgehead atoms. The third kappa shape index (κ3) is 2.46. The third-order valence-electron chi connectivity index (χ3n) is 3.04. The maximum Gasteiger partial charge on any atom is 0.165 e. The van der Waals surface area contributed by atoms with Crippen LogP contribution in [0.4, 0.5) is 10.1 Å². The normalized spacial score (nSPS) is 19.6. The number of benzene rings is 1. The molecule has 2 saturated carbocycles. The van der Waals surface area contributed by atoms with Gasteiger partial charge in [0.05, 0.1) is 6.10 Å². The van der Waals surface area contributed by atoms with Crippen LogP contribution in [0.15, 0.2) is 18.2 Å². The van der Waals surface area contributed by atoms with Gasteiger partial charge < -0.3 is 10.1 Å². The first-order valence-electron chi connectivity index (χ1n) is 6.01. The van der Waals surface area contributed by atoms with Gasteiger partial charge in [-0.1, -0.05) is 0 Å². The lowest BCUT2D eigenvalue weighted by Gasteiger charge is -2.09. The monoisotopic (exact) mass is 221 g/mol. The van der Waals surface area contributed by atoms with Gasteiger partial charge in [0, 0.05) is 18.3 Å². The molecule has 0 spiro atoms. The molecule has 1 aromatic carbocycles. The fraction of sp³-hybridized carbons (Fsp3) is 0.538. The van der Waals surface area contributed by atoms with Crippen LogP contribution >= 0.6 is 0 Å². The molecule has 0 unspecified atom stereocenters. The van der Waals surface area contributed by atoms with Crippen LogP contribution in [0.2, 0.25) is 0 Å². The Labute approximate surface area is 94.8 Å². The Balaban J connectivity index is 1.66. The van der Waals surface area contributed by atoms with Crippen LogP contribution < -0.4 is 10.1 Å². The molecule has 2 aliphatic carbocycles. The zero-order valence-corrected chi connectivity index (χ0v) is 9.21. The van der Waals surface area contributed by atoms with E-state index in [1.54, 1.807) is 12.1 Å². The number of rotatable bonds is 5. The zero-order chi connectivity index (χ0) is 11.0. The van der Waals surface area contributed by atoms with Crippen molar-refractivity contribution in [1.82, 2.24) is 0 Å². The number of nitrogens with one attached hydrogen (secondary N) is 1. The van der Waals surface area contributed by atoms with E-state index in [0.717, 1.165) is 31.0 Å². The third-order valence-corrected chi connectivity index (χ3v) is 3.04. The minimum atomic E-state index is -0.260. The van der Waals surface area contributed by atoms with E-state index >= 15 is 0 Å². The first-order valence-corrected chi connectivity index (χ1v) is 6.01. The lowest BCUT2D eigenvalue weighted by Crippen LogP contribution is -2.04. The molecule has 0 atom stereocenters. The standard InChI is InChI=1S/C13H16FNO/c14-12-6-3-10(15-8-9-1-2-9)7-13(12)16-11-4-5-11/h3,6-7,9,11,15H,1-2,4-5,8H2. The summed E-state index contributed by atoms with van der Waals surface area (Å²) in [6, 6.07) is 5.03. The van der Waals surface area contributed by atoms with Crippen molar-refractivity contribution in [3.8, 4) is 5.75 Å². The lowest BCUT2D eigenvalue weighted by molar-refractivity contribution is 0.288. The molecular weight excluding hydrogens is 205 g/mol. The van der Waals surface area contributed by atoms with E-state index in [1.807, 2.05) is 0 Å². The van der Waals surface area contributed by atoms with Gasteiger partial charge in [0.1, 0.15) is 0 Å². The molecule has 0 radical (unpaired) electrons. The average Bonchev–Trinajstić information content (AvgIpc) is 3.13. The first kappa shape index (κ1) is 9.94. The molecule has 2 nitrogen and oxygen atoms in total. The van der Waals surface area contributed by atoms with Crippen molar-refractivity contribution in [3.05, 3.63) is 24.0 Å². The van der Waals surface area contributed by atoms with E-state index in [0.29, 0.717) is 5.75 Å². The summed E-state index contributed by atoms with van der Waals surface area (Å²) in [5, 5.41) is 3.32. The molecule has 2 fully saturated rings. The van der Waals surface area contributed by atoms with Gasteiger partial charge in [-0.15, -0.1) is 0 Å². The summed E-state index contributed by atoms with van der Waals surface area (Å²) in [5.41, 5.74) is 0.962. The van der Waals surface area contributed by atoms with Crippen LogP contribution in [0.1, 0.15) is 25.7 Å². The van der Waals surface area contributed by atoms with Crippen molar-refractivity contribution < 1.29 is 9.13 Å². The van der Waals surface area contributed by atoms with Crippen LogP contribution in [0, 0.1) is 11.7 Å². The zero-order valence-electron chi connectivity index (χ0n) is 9.21. The molecule has 0 amide bonds. The van der Waals surface area contributed by atoms with E-state index < -0.39 is 0 Å². The second-order valence-electron chi connectivity index (χ2n) is 4.79. The van der Waals surface area contributed by atoms with Crippen molar-refractivity contribution in [2.75, 3.05) is 11.9 Å². The fourth-order valence-corrected chi connectivity index (χ4v) is 1.65. The van der Waals surface area contributed by atoms with E-state index in [2.05, 4.69) is 5.32 Å². The highest BCUT2D eigenvalue weighted by Gasteiger charge is 2.25. The summed E-state index contributed by atoms with van der Waals surface area (Å²) in [6.45, 7) is 0.995. The molecule has 0 heterocycles. The quantitative estimate of drug-likeness (QED) is 0.824. The molecule has 0 aromatic heterocycles. The SMILES string of the molecule is Fc1ccc(NCC2CC2)cc1OC1CC1. The Morgan fingerprint density at radius 3 is 2.75 bits per heavy atom. The molecule has 0 aliphatic heterocycles. The Kier molecular flexibility index (Phi) is 2.46. The number of hydrogen-bond acceptors (Lipinski definition) is 2. The van der Waals surface area contributed by atoms with Gasteiger partial charge in [-0.3, -0.25) is 0 Å². The van der Waals surface area contributed by atoms with E-state index in [4.69, 9.17) is 4.74 Å². The van der Waals surface area contributed by atoms with Crippen LogP contribution in [-0.4, -0.2) is 12.6 Å². The molecule has 0 saturated heterocycles. The number of halogens is 1. The van der Waals surface area contributed by atoms with Crippen LogP contribution in [0.25, 0.3) is 0 Å². The Morgan fingerprint density at radius 2 is 2.06 bits per heavy atom. The molecule has 86 valence electrons. The van der Waals surface area contributed by atoms with Gasteiger partial charge in [0.2, 0.25) is 0 Å². The lowest BCUT2D eigenvalue weighted by atomic mass is 10.2. The predicted molar refractivity (Wildman–Crippen MR) is 61.3 cm³/mol. The van der Waals surface area contributed by atoms with Crippen LogP contribution in [-0.2, 0) is 0 Å². The predicted octanol–water partition coefficient (Wildman–Crippen LogP) is 3.19. The van der Waals surface area contributed by atoms with Gasteiger partial charge in [0.15, 0.2) is 11.6 Å². The minimum absolute atomic E-state index is 0.244. The number of hydrogen-bond donors (Lipinski definition) is 1. The van der Waals surface area contributed by atoms with Gasteiger partial charge in [0.25, 0.3) is 0 Å². The molecule has 1 aromatic rings. The van der Waals surface area contributed by atoms with Crippen LogP contribution in [0.5, 0.6) is 5.75 Å². The number of ether oxygens (including phenoxy) is 1. The van der Waals surface area contributed by atoms with Gasteiger partial charge in [-0.05, 0) is 43.7 Å². The molecule has 3 rings (SSSR count). The van der Waals surface area contributed by atoms with Crippen molar-refractivity contribution in [3.63, 3.8) is 0 Å². The van der Waals surface area contributed by atoms with E-state index in [1.165, 1.54) is 18.9 Å². The Bertz CT molecular complexity index is 386. The van der Waals surface area contributed by atoms with E-state index in [9.17, 15) is 4.39 Å². The summed E-state index contributed by atoms with van der Waals surface area (Å²) in [4.78, 5) is 0. The van der Waals surface area contributed by atoms with Gasteiger partial charge >= 0.3 is 0 Å². The Morgan fingerprint density at radius 1 is 1.25 bits per heavy atom. The topological polar surface area (TPSA) is 21.3 Å². The van der Waals surface area contributed by atoms with Crippen molar-refractivity contribution >= 4 is 5.69 Å². The maximum absolute atomic E-state index is 13.4. The summed E-state index contributed by atoms with van der Waals surface area (Å²) >= 11 is 0. The summed E-state index contributed by atoms with van der Waals surface area (Å²) < 4.78 is 18.9. The van der Waals surface area contributed by atoms with Gasteiger partial charge in [-0.2, -0.15) is 0 Å². The summed E-state index contributed by atoms with van der Waals surface area (Å²) in [5.74, 6) is 0.949. The second kappa shape index (κ2) is 3.96. The highest BCUT2D eigenvalue weighted by molar-refractivity contribution is 5.49.